The van der Waals surface area contributed by atoms with Crippen molar-refractivity contribution in [3.05, 3.63) is 12.2 Å². The van der Waals surface area contributed by atoms with Gasteiger partial charge in [-0.3, -0.25) is 14.5 Å². The largest absolute Gasteiger partial charge is 0.469 e. The molecule has 0 spiro atoms. The molecular formula is C21H31F2NO4. The molecule has 0 aromatic heterocycles. The number of hydrogen-bond acceptors (Lipinski definition) is 5. The van der Waals surface area contributed by atoms with E-state index < -0.39 is 24.6 Å². The van der Waals surface area contributed by atoms with Crippen molar-refractivity contribution in [3.63, 3.8) is 0 Å². The molecule has 3 atom stereocenters. The lowest BCUT2D eigenvalue weighted by Crippen LogP contribution is -2.41. The van der Waals surface area contributed by atoms with E-state index in [0.717, 1.165) is 12.8 Å². The molecule has 0 radical (unpaired) electrons. The summed E-state index contributed by atoms with van der Waals surface area (Å²) in [6, 6.07) is -0.687. The van der Waals surface area contributed by atoms with Crippen molar-refractivity contribution in [2.45, 2.75) is 77.0 Å². The van der Waals surface area contributed by atoms with Gasteiger partial charge in [-0.05, 0) is 25.8 Å². The monoisotopic (exact) mass is 399 g/mol. The van der Waals surface area contributed by atoms with Crippen LogP contribution < -0.4 is 0 Å². The molecule has 0 aliphatic carbocycles. The van der Waals surface area contributed by atoms with Gasteiger partial charge in [0.25, 0.3) is 5.92 Å². The average Bonchev–Trinajstić information content (AvgIpc) is 2.89. The van der Waals surface area contributed by atoms with E-state index in [1.807, 2.05) is 0 Å². The summed E-state index contributed by atoms with van der Waals surface area (Å²) in [5.41, 5.74) is 0. The number of rotatable bonds is 11. The molecular weight excluding hydrogens is 368 g/mol. The number of unbranched alkanes of at least 4 members (excludes halogenated alkanes) is 3. The lowest BCUT2D eigenvalue weighted by Gasteiger charge is -2.25. The Balaban J connectivity index is 2.55. The van der Waals surface area contributed by atoms with Crippen LogP contribution in [0.15, 0.2) is 12.2 Å². The summed E-state index contributed by atoms with van der Waals surface area (Å²) in [6.45, 7) is 3.75. The van der Waals surface area contributed by atoms with E-state index in [-0.39, 0.29) is 17.7 Å². The minimum Gasteiger partial charge on any atom is -0.469 e. The molecule has 1 saturated heterocycles. The average molecular weight is 399 g/mol. The van der Waals surface area contributed by atoms with Gasteiger partial charge >= 0.3 is 5.97 Å². The highest BCUT2D eigenvalue weighted by Crippen LogP contribution is 2.37. The van der Waals surface area contributed by atoms with Gasteiger partial charge in [0.1, 0.15) is 0 Å². The normalized spacial score (nSPS) is 22.6. The van der Waals surface area contributed by atoms with Gasteiger partial charge in [0.2, 0.25) is 0 Å². The van der Waals surface area contributed by atoms with Crippen molar-refractivity contribution in [3.8, 4) is 11.8 Å². The lowest BCUT2D eigenvalue weighted by molar-refractivity contribution is -0.140. The first-order chi connectivity index (χ1) is 13.2. The topological polar surface area (TPSA) is 66.8 Å². The second-order valence-corrected chi connectivity index (χ2v) is 7.18. The van der Waals surface area contributed by atoms with E-state index >= 15 is 0 Å². The Morgan fingerprint density at radius 1 is 1.32 bits per heavy atom. The number of likely N-dealkylation sites (tertiary alicyclic amines) is 1. The highest BCUT2D eigenvalue weighted by atomic mass is 19.3. The fraction of sp³-hybridized carbons (Fsp3) is 0.714. The number of allylic oxidation sites excluding steroid dienone is 1. The fourth-order valence-electron chi connectivity index (χ4n) is 3.14. The molecule has 0 amide bonds. The predicted molar refractivity (Wildman–Crippen MR) is 103 cm³/mol. The van der Waals surface area contributed by atoms with Crippen LogP contribution in [-0.4, -0.2) is 53.6 Å². The zero-order valence-corrected chi connectivity index (χ0v) is 16.9. The number of esters is 1. The van der Waals surface area contributed by atoms with Crippen LogP contribution in [0.2, 0.25) is 0 Å². The predicted octanol–water partition coefficient (Wildman–Crippen LogP) is 3.31. The zero-order chi connectivity index (χ0) is 21.2. The number of carbonyl (C=O) groups excluding carboxylic acids is 2. The maximum Gasteiger partial charge on any atom is 0.305 e. The number of alkyl halides is 2. The second kappa shape index (κ2) is 11.9. The third kappa shape index (κ3) is 7.69. The molecule has 28 heavy (non-hydrogen) atoms. The number of nitrogens with zero attached hydrogens (tertiary/aromatic N) is 1. The number of aliphatic hydroxyl groups is 1. The van der Waals surface area contributed by atoms with Crippen molar-refractivity contribution < 1.29 is 28.2 Å². The summed E-state index contributed by atoms with van der Waals surface area (Å²) < 4.78 is 32.5. The van der Waals surface area contributed by atoms with Gasteiger partial charge in [0.05, 0.1) is 7.11 Å². The number of methoxy groups -OCH3 is 1. The molecule has 0 aromatic rings. The van der Waals surface area contributed by atoms with Gasteiger partial charge in [-0.1, -0.05) is 25.8 Å². The summed E-state index contributed by atoms with van der Waals surface area (Å²) >= 11 is 0. The van der Waals surface area contributed by atoms with Crippen LogP contribution in [0.5, 0.6) is 0 Å². The Bertz CT molecular complexity index is 609. The lowest BCUT2D eigenvalue weighted by atomic mass is 10.0. The molecule has 1 aliphatic rings. The van der Waals surface area contributed by atoms with E-state index in [1.165, 1.54) is 24.2 Å². The molecule has 2 unspecified atom stereocenters. The summed E-state index contributed by atoms with van der Waals surface area (Å²) in [6.07, 6.45) is 4.06. The molecule has 5 nitrogen and oxygen atoms in total. The third-order valence-corrected chi connectivity index (χ3v) is 4.93. The Hall–Kier alpha value is -1.78. The van der Waals surface area contributed by atoms with Crippen LogP contribution in [0.3, 0.4) is 0 Å². The number of aliphatic hydroxyl groups excluding tert-OH is 1. The standard InChI is InChI=1S/C21H31F2NO4/c1-4-5-10-16(2)18(25)13-12-17-15-21(22,23)20(27)24(17)14-9-7-6-8-11-19(26)28-3/h12-13,16-17,20,27H,6-11,14-15H2,1-3H3/b13-12+/t16?,17-,20?/m0/s1. The van der Waals surface area contributed by atoms with E-state index in [0.29, 0.717) is 32.2 Å². The molecule has 7 heteroatoms. The van der Waals surface area contributed by atoms with Crippen molar-refractivity contribution >= 4 is 11.8 Å². The number of ketones is 1. The Labute approximate surface area is 166 Å². The molecule has 1 N–H and O–H groups in total. The summed E-state index contributed by atoms with van der Waals surface area (Å²) in [5.74, 6) is 1.65. The summed E-state index contributed by atoms with van der Waals surface area (Å²) in [7, 11) is 1.34. The van der Waals surface area contributed by atoms with E-state index in [1.54, 1.807) is 13.8 Å². The third-order valence-electron chi connectivity index (χ3n) is 4.93. The maximum atomic E-state index is 14.0. The minimum absolute atomic E-state index is 0.157. The molecule has 0 bridgehead atoms. The van der Waals surface area contributed by atoms with Crippen molar-refractivity contribution in [1.29, 1.82) is 0 Å². The first kappa shape index (κ1) is 24.3. The Kier molecular flexibility index (Phi) is 10.3. The fourth-order valence-corrected chi connectivity index (χ4v) is 3.14. The van der Waals surface area contributed by atoms with Crippen LogP contribution in [-0.2, 0) is 14.3 Å². The van der Waals surface area contributed by atoms with Crippen molar-refractivity contribution in [2.75, 3.05) is 13.7 Å². The summed E-state index contributed by atoms with van der Waals surface area (Å²) in [5, 5.41) is 9.96. The first-order valence-corrected chi connectivity index (χ1v) is 9.73. The number of carbonyl (C=O) groups is 2. The van der Waals surface area contributed by atoms with Gasteiger partial charge in [-0.2, -0.15) is 0 Å². The number of ether oxygens (including phenoxy) is 1. The second-order valence-electron chi connectivity index (χ2n) is 7.18. The summed E-state index contributed by atoms with van der Waals surface area (Å²) in [4.78, 5) is 24.5. The highest BCUT2D eigenvalue weighted by molar-refractivity contribution is 5.91. The van der Waals surface area contributed by atoms with Crippen molar-refractivity contribution in [1.82, 2.24) is 4.90 Å². The van der Waals surface area contributed by atoms with Crippen LogP contribution in [0.1, 0.15) is 58.8 Å². The van der Waals surface area contributed by atoms with Crippen LogP contribution in [0.4, 0.5) is 8.78 Å². The first-order valence-electron chi connectivity index (χ1n) is 9.73. The SMILES string of the molecule is CC#CCC(C)C(=O)/C=C/[C@H]1CC(F)(F)C(O)N1CCCCCCC(=O)OC. The zero-order valence-electron chi connectivity index (χ0n) is 16.9. The molecule has 1 rings (SSSR count). The highest BCUT2D eigenvalue weighted by Gasteiger charge is 2.52. The van der Waals surface area contributed by atoms with Crippen LogP contribution >= 0.6 is 0 Å². The van der Waals surface area contributed by atoms with Gasteiger partial charge in [-0.25, -0.2) is 8.78 Å². The van der Waals surface area contributed by atoms with Crippen LogP contribution in [0, 0.1) is 17.8 Å². The maximum absolute atomic E-state index is 14.0. The molecule has 158 valence electrons. The van der Waals surface area contributed by atoms with E-state index in [4.69, 9.17) is 0 Å². The minimum atomic E-state index is -3.21. The van der Waals surface area contributed by atoms with Gasteiger partial charge in [-0.15, -0.1) is 11.8 Å². The number of hydrogen-bond donors (Lipinski definition) is 1. The smallest absolute Gasteiger partial charge is 0.305 e. The van der Waals surface area contributed by atoms with E-state index in [2.05, 4.69) is 16.6 Å². The van der Waals surface area contributed by atoms with Crippen LogP contribution in [0.25, 0.3) is 0 Å². The van der Waals surface area contributed by atoms with E-state index in [9.17, 15) is 23.5 Å². The van der Waals surface area contributed by atoms with Gasteiger partial charge in [0.15, 0.2) is 12.0 Å². The number of halogens is 2. The molecule has 1 heterocycles. The quantitative estimate of drug-likeness (QED) is 0.250. The molecule has 0 saturated carbocycles. The van der Waals surface area contributed by atoms with Gasteiger partial charge in [0, 0.05) is 37.8 Å². The molecule has 1 aliphatic heterocycles. The molecule has 0 aromatic carbocycles. The van der Waals surface area contributed by atoms with Crippen molar-refractivity contribution in [2.24, 2.45) is 5.92 Å². The molecule has 1 fully saturated rings. The van der Waals surface area contributed by atoms with Gasteiger partial charge < -0.3 is 9.84 Å². The Morgan fingerprint density at radius 2 is 2.00 bits per heavy atom. The Morgan fingerprint density at radius 3 is 2.64 bits per heavy atom.